The Bertz CT molecular complexity index is 1830. The van der Waals surface area contributed by atoms with E-state index in [9.17, 15) is 19.2 Å². The van der Waals surface area contributed by atoms with Crippen molar-refractivity contribution in [3.63, 3.8) is 0 Å². The number of rotatable bonds is 4. The predicted octanol–water partition coefficient (Wildman–Crippen LogP) is 3.69. The number of nitrogens with zero attached hydrogens (tertiary/aromatic N) is 3. The Morgan fingerprint density at radius 1 is 0.976 bits per heavy atom. The number of esters is 1. The summed E-state index contributed by atoms with van der Waals surface area (Å²) in [6, 6.07) is 20.7. The van der Waals surface area contributed by atoms with Crippen LogP contribution in [0.25, 0.3) is 16.6 Å². The summed E-state index contributed by atoms with van der Waals surface area (Å²) in [6.07, 6.45) is 0.654. The third-order valence-corrected chi connectivity index (χ3v) is 8.44. The second kappa shape index (κ2) is 8.94. The summed E-state index contributed by atoms with van der Waals surface area (Å²) in [5.41, 5.74) is 0.967. The lowest BCUT2D eigenvalue weighted by molar-refractivity contribution is -0.132. The molecule has 0 bridgehead atoms. The first-order valence-electron chi connectivity index (χ1n) is 13.8. The molecule has 4 atom stereocenters. The summed E-state index contributed by atoms with van der Waals surface area (Å²) < 4.78 is 6.75. The number of imide groups is 1. The van der Waals surface area contributed by atoms with Crippen molar-refractivity contribution >= 4 is 34.4 Å². The molecule has 1 N–H and O–H groups in total. The van der Waals surface area contributed by atoms with Crippen LogP contribution in [-0.4, -0.2) is 33.4 Å². The molecule has 3 aliphatic heterocycles. The van der Waals surface area contributed by atoms with Gasteiger partial charge in [-0.3, -0.25) is 29.1 Å². The molecule has 1 aromatic heterocycles. The standard InChI is InChI=1S/C32H28N4O5/c1-17(2)16-24-26-27(30(40)35(29(26)39)19-12-14-20(15-13-19)41-18(3)37)32(34-24)22-9-5-7-11-25(22)36-28(38)21-8-4-6-10-23(21)33-31(32)36/h4-15,17,24,26-27,34H,16H2,1-3H3/t24-,26+,27+,32-/m0/s1. The van der Waals surface area contributed by atoms with Gasteiger partial charge in [0.2, 0.25) is 11.8 Å². The zero-order chi connectivity index (χ0) is 28.6. The van der Waals surface area contributed by atoms with Gasteiger partial charge in [0.05, 0.1) is 34.1 Å². The fourth-order valence-corrected chi connectivity index (χ4v) is 7.01. The van der Waals surface area contributed by atoms with Gasteiger partial charge in [-0.15, -0.1) is 0 Å². The van der Waals surface area contributed by atoms with Crippen LogP contribution >= 0.6 is 0 Å². The third kappa shape index (κ3) is 3.48. The largest absolute Gasteiger partial charge is 0.427 e. The average molecular weight is 549 g/mol. The first-order valence-corrected chi connectivity index (χ1v) is 13.8. The molecule has 0 saturated carbocycles. The Morgan fingerprint density at radius 3 is 2.41 bits per heavy atom. The second-order valence-corrected chi connectivity index (χ2v) is 11.4. The van der Waals surface area contributed by atoms with Crippen LogP contribution < -0.4 is 20.5 Å². The van der Waals surface area contributed by atoms with Crippen LogP contribution in [0.5, 0.6) is 5.75 Å². The van der Waals surface area contributed by atoms with Gasteiger partial charge in [-0.1, -0.05) is 44.2 Å². The number of hydrogen-bond donors (Lipinski definition) is 1. The molecule has 9 heteroatoms. The van der Waals surface area contributed by atoms with E-state index in [1.165, 1.54) is 11.8 Å². The lowest BCUT2D eigenvalue weighted by Gasteiger charge is -2.32. The van der Waals surface area contributed by atoms with Gasteiger partial charge in [0.15, 0.2) is 0 Å². The van der Waals surface area contributed by atoms with E-state index in [4.69, 9.17) is 9.72 Å². The van der Waals surface area contributed by atoms with Crippen LogP contribution in [-0.2, 0) is 19.9 Å². The Balaban J connectivity index is 1.45. The predicted molar refractivity (Wildman–Crippen MR) is 152 cm³/mol. The van der Waals surface area contributed by atoms with Gasteiger partial charge in [0, 0.05) is 18.5 Å². The molecule has 206 valence electrons. The Morgan fingerprint density at radius 2 is 1.68 bits per heavy atom. The monoisotopic (exact) mass is 548 g/mol. The highest BCUT2D eigenvalue weighted by atomic mass is 16.5. The van der Waals surface area contributed by atoms with Gasteiger partial charge < -0.3 is 4.74 Å². The van der Waals surface area contributed by atoms with E-state index in [1.807, 2.05) is 30.3 Å². The number of carbonyl (C=O) groups is 3. The maximum absolute atomic E-state index is 14.5. The van der Waals surface area contributed by atoms with Crippen molar-refractivity contribution in [1.82, 2.24) is 14.9 Å². The van der Waals surface area contributed by atoms with Crippen molar-refractivity contribution in [3.8, 4) is 11.4 Å². The number of fused-ring (bicyclic) bond motifs is 8. The van der Waals surface area contributed by atoms with Crippen molar-refractivity contribution in [1.29, 1.82) is 0 Å². The molecule has 9 nitrogen and oxygen atoms in total. The fraction of sp³-hybridized carbons (Fsp3) is 0.281. The van der Waals surface area contributed by atoms with Crippen LogP contribution in [0.3, 0.4) is 0 Å². The summed E-state index contributed by atoms with van der Waals surface area (Å²) in [5.74, 6) is -1.61. The molecule has 0 aliphatic carbocycles. The molecule has 3 aliphatic rings. The number of nitrogens with one attached hydrogen (secondary N) is 1. The minimum Gasteiger partial charge on any atom is -0.427 e. The van der Waals surface area contributed by atoms with E-state index >= 15 is 0 Å². The zero-order valence-corrected chi connectivity index (χ0v) is 22.8. The number of benzene rings is 3. The maximum Gasteiger partial charge on any atom is 0.308 e. The fourth-order valence-electron chi connectivity index (χ4n) is 7.01. The van der Waals surface area contributed by atoms with E-state index in [1.54, 1.807) is 47.0 Å². The number of amides is 2. The molecule has 2 fully saturated rings. The van der Waals surface area contributed by atoms with E-state index < -0.39 is 23.3 Å². The number of para-hydroxylation sites is 2. The molecule has 3 aromatic carbocycles. The van der Waals surface area contributed by atoms with E-state index in [0.29, 0.717) is 40.3 Å². The van der Waals surface area contributed by atoms with Crippen molar-refractivity contribution < 1.29 is 19.1 Å². The smallest absolute Gasteiger partial charge is 0.308 e. The van der Waals surface area contributed by atoms with Crippen LogP contribution in [0.4, 0.5) is 5.69 Å². The average Bonchev–Trinajstić information content (AvgIpc) is 3.52. The molecule has 2 saturated heterocycles. The molecular weight excluding hydrogens is 520 g/mol. The minimum absolute atomic E-state index is 0.213. The van der Waals surface area contributed by atoms with Gasteiger partial charge in [-0.05, 0) is 54.8 Å². The summed E-state index contributed by atoms with van der Waals surface area (Å²) in [6.45, 7) is 5.48. The van der Waals surface area contributed by atoms with E-state index in [-0.39, 0.29) is 29.3 Å². The maximum atomic E-state index is 14.5. The summed E-state index contributed by atoms with van der Waals surface area (Å²) in [7, 11) is 0. The van der Waals surface area contributed by atoms with E-state index in [0.717, 1.165) is 5.56 Å². The zero-order valence-electron chi connectivity index (χ0n) is 22.8. The van der Waals surface area contributed by atoms with Crippen LogP contribution in [0.15, 0.2) is 77.6 Å². The number of anilines is 1. The minimum atomic E-state index is -1.18. The number of hydrogen-bond acceptors (Lipinski definition) is 7. The molecule has 1 spiro atoms. The van der Waals surface area contributed by atoms with Crippen molar-refractivity contribution in [2.75, 3.05) is 4.90 Å². The second-order valence-electron chi connectivity index (χ2n) is 11.4. The van der Waals surface area contributed by atoms with Gasteiger partial charge >= 0.3 is 5.97 Å². The van der Waals surface area contributed by atoms with Gasteiger partial charge in [-0.2, -0.15) is 0 Å². The van der Waals surface area contributed by atoms with E-state index in [2.05, 4.69) is 19.2 Å². The Hall–Kier alpha value is -4.63. The highest BCUT2D eigenvalue weighted by Gasteiger charge is 2.69. The first-order chi connectivity index (χ1) is 19.7. The van der Waals surface area contributed by atoms with Gasteiger partial charge in [0.25, 0.3) is 5.56 Å². The van der Waals surface area contributed by atoms with Crippen molar-refractivity contribution in [2.24, 2.45) is 17.8 Å². The molecule has 4 heterocycles. The molecule has 7 rings (SSSR count). The van der Waals surface area contributed by atoms with Crippen LogP contribution in [0.2, 0.25) is 0 Å². The normalized spacial score (nSPS) is 24.3. The topological polar surface area (TPSA) is 111 Å². The summed E-state index contributed by atoms with van der Waals surface area (Å²) in [4.78, 5) is 60.2. The number of ether oxygens (including phenoxy) is 1. The number of carbonyl (C=O) groups excluding carboxylic acids is 3. The lowest BCUT2D eigenvalue weighted by atomic mass is 9.75. The summed E-state index contributed by atoms with van der Waals surface area (Å²) >= 11 is 0. The molecule has 0 radical (unpaired) electrons. The molecule has 0 unspecified atom stereocenters. The summed E-state index contributed by atoms with van der Waals surface area (Å²) in [5, 5.41) is 4.21. The quantitative estimate of drug-likeness (QED) is 0.235. The highest BCUT2D eigenvalue weighted by Crippen LogP contribution is 2.56. The van der Waals surface area contributed by atoms with Gasteiger partial charge in [-0.25, -0.2) is 9.88 Å². The van der Waals surface area contributed by atoms with Gasteiger partial charge in [0.1, 0.15) is 17.1 Å². The molecule has 2 amide bonds. The lowest BCUT2D eigenvalue weighted by Crippen LogP contribution is -2.50. The third-order valence-electron chi connectivity index (χ3n) is 8.44. The Labute approximate surface area is 235 Å². The van der Waals surface area contributed by atoms with Crippen molar-refractivity contribution in [3.05, 3.63) is 94.5 Å². The van der Waals surface area contributed by atoms with Crippen LogP contribution in [0.1, 0.15) is 38.6 Å². The van der Waals surface area contributed by atoms with Crippen LogP contribution in [0, 0.1) is 17.8 Å². The van der Waals surface area contributed by atoms with Crippen molar-refractivity contribution in [2.45, 2.75) is 38.8 Å². The first kappa shape index (κ1) is 25.3. The number of aromatic nitrogens is 2. The molecular formula is C32H28N4O5. The SMILES string of the molecule is CC(=O)Oc1ccc(N2C(=O)[C@@H]3[C@H](CC(C)C)N[C@@]4(c5ccccc5-n5c4nc4ccccc4c5=O)[C@H]3C2=O)cc1. The Kier molecular flexibility index (Phi) is 5.53. The highest BCUT2D eigenvalue weighted by molar-refractivity contribution is 6.23. The molecule has 4 aromatic rings. The molecule has 41 heavy (non-hydrogen) atoms.